The van der Waals surface area contributed by atoms with Gasteiger partial charge < -0.3 is 9.47 Å². The van der Waals surface area contributed by atoms with Crippen LogP contribution in [0.1, 0.15) is 19.8 Å². The van der Waals surface area contributed by atoms with Crippen LogP contribution in [0.25, 0.3) is 0 Å². The van der Waals surface area contributed by atoms with Crippen molar-refractivity contribution in [2.45, 2.75) is 32.1 Å². The SMILES string of the molecule is CC(CCC1OCCO1)[N+](=O)[O-]. The fourth-order valence-electron chi connectivity index (χ4n) is 1.06. The van der Waals surface area contributed by atoms with Crippen LogP contribution in [0.3, 0.4) is 0 Å². The maximum Gasteiger partial charge on any atom is 0.210 e. The second kappa shape index (κ2) is 4.37. The Labute approximate surface area is 70.8 Å². The minimum Gasteiger partial charge on any atom is -0.350 e. The molecule has 0 aromatic heterocycles. The van der Waals surface area contributed by atoms with E-state index in [4.69, 9.17) is 9.47 Å². The van der Waals surface area contributed by atoms with E-state index in [1.807, 2.05) is 0 Å². The predicted molar refractivity (Wildman–Crippen MR) is 41.4 cm³/mol. The van der Waals surface area contributed by atoms with Crippen LogP contribution in [0, 0.1) is 10.1 Å². The average molecular weight is 175 g/mol. The normalized spacial score (nSPS) is 21.1. The first kappa shape index (κ1) is 9.41. The molecule has 0 saturated carbocycles. The predicted octanol–water partition coefficient (Wildman–Crippen LogP) is 0.805. The lowest BCUT2D eigenvalue weighted by Gasteiger charge is -2.08. The lowest BCUT2D eigenvalue weighted by Crippen LogP contribution is -2.18. The molecule has 1 aliphatic rings. The highest BCUT2D eigenvalue weighted by molar-refractivity contribution is 4.56. The van der Waals surface area contributed by atoms with Crippen LogP contribution in [0.5, 0.6) is 0 Å². The van der Waals surface area contributed by atoms with Crippen LogP contribution < -0.4 is 0 Å². The van der Waals surface area contributed by atoms with E-state index >= 15 is 0 Å². The molecule has 1 atom stereocenters. The van der Waals surface area contributed by atoms with E-state index in [1.54, 1.807) is 6.92 Å². The molecule has 12 heavy (non-hydrogen) atoms. The van der Waals surface area contributed by atoms with Crippen LogP contribution in [-0.2, 0) is 9.47 Å². The molecule has 0 radical (unpaired) electrons. The zero-order valence-electron chi connectivity index (χ0n) is 7.06. The molecule has 5 heteroatoms. The van der Waals surface area contributed by atoms with Crippen LogP contribution >= 0.6 is 0 Å². The summed E-state index contributed by atoms with van der Waals surface area (Å²) >= 11 is 0. The second-order valence-corrected chi connectivity index (χ2v) is 2.88. The molecule has 1 saturated heterocycles. The molecule has 0 spiro atoms. The van der Waals surface area contributed by atoms with Gasteiger partial charge in [0.1, 0.15) is 0 Å². The van der Waals surface area contributed by atoms with E-state index in [1.165, 1.54) is 0 Å². The quantitative estimate of drug-likeness (QED) is 0.468. The molecule has 0 aromatic rings. The molecule has 0 amide bonds. The van der Waals surface area contributed by atoms with Gasteiger partial charge in [0.2, 0.25) is 6.04 Å². The lowest BCUT2D eigenvalue weighted by molar-refractivity contribution is -0.519. The van der Waals surface area contributed by atoms with Crippen molar-refractivity contribution in [2.24, 2.45) is 0 Å². The Kier molecular flexibility index (Phi) is 3.43. The van der Waals surface area contributed by atoms with Gasteiger partial charge in [0.05, 0.1) is 13.2 Å². The molecule has 1 rings (SSSR count). The molecule has 0 N–H and O–H groups in total. The first-order valence-electron chi connectivity index (χ1n) is 4.07. The maximum atomic E-state index is 10.2. The minimum atomic E-state index is -0.502. The van der Waals surface area contributed by atoms with Crippen LogP contribution in [0.4, 0.5) is 0 Å². The summed E-state index contributed by atoms with van der Waals surface area (Å²) in [5.74, 6) is 0. The summed E-state index contributed by atoms with van der Waals surface area (Å²) in [4.78, 5) is 9.95. The fraction of sp³-hybridized carbons (Fsp3) is 1.00. The van der Waals surface area contributed by atoms with Gasteiger partial charge in [0, 0.05) is 24.7 Å². The Bertz CT molecular complexity index is 155. The summed E-state index contributed by atoms with van der Waals surface area (Å²) in [5.41, 5.74) is 0. The van der Waals surface area contributed by atoms with E-state index in [2.05, 4.69) is 0 Å². The first-order chi connectivity index (χ1) is 5.70. The summed E-state index contributed by atoms with van der Waals surface area (Å²) in [6.45, 7) is 2.81. The first-order valence-corrected chi connectivity index (χ1v) is 4.07. The number of rotatable bonds is 4. The largest absolute Gasteiger partial charge is 0.350 e. The van der Waals surface area contributed by atoms with Crippen LogP contribution in [-0.4, -0.2) is 30.5 Å². The monoisotopic (exact) mass is 175 g/mol. The molecule has 5 nitrogen and oxygen atoms in total. The standard InChI is InChI=1S/C7H13NO4/c1-6(8(9)10)2-3-7-11-4-5-12-7/h6-7H,2-5H2,1H3. The summed E-state index contributed by atoms with van der Waals surface area (Å²) in [6.07, 6.45) is 0.909. The van der Waals surface area contributed by atoms with E-state index in [0.29, 0.717) is 26.1 Å². The van der Waals surface area contributed by atoms with Crippen LogP contribution in [0.2, 0.25) is 0 Å². The second-order valence-electron chi connectivity index (χ2n) is 2.88. The van der Waals surface area contributed by atoms with Gasteiger partial charge in [-0.2, -0.15) is 0 Å². The summed E-state index contributed by atoms with van der Waals surface area (Å²) < 4.78 is 10.3. The van der Waals surface area contributed by atoms with Gasteiger partial charge in [0.25, 0.3) is 0 Å². The summed E-state index contributed by atoms with van der Waals surface area (Å²) in [7, 11) is 0. The van der Waals surface area contributed by atoms with E-state index in [0.717, 1.165) is 0 Å². The lowest BCUT2D eigenvalue weighted by atomic mass is 10.2. The van der Waals surface area contributed by atoms with Gasteiger partial charge in [-0.1, -0.05) is 0 Å². The minimum absolute atomic E-state index is 0.215. The number of nitrogens with zero attached hydrogens (tertiary/aromatic N) is 1. The maximum absolute atomic E-state index is 10.2. The van der Waals surface area contributed by atoms with E-state index in [-0.39, 0.29) is 11.2 Å². The molecule has 1 fully saturated rings. The Morgan fingerprint density at radius 2 is 2.17 bits per heavy atom. The third kappa shape index (κ3) is 2.75. The summed E-state index contributed by atoms with van der Waals surface area (Å²) in [6, 6.07) is -0.502. The van der Waals surface area contributed by atoms with Gasteiger partial charge in [-0.25, -0.2) is 0 Å². The van der Waals surface area contributed by atoms with Crippen molar-refractivity contribution < 1.29 is 14.4 Å². The zero-order valence-corrected chi connectivity index (χ0v) is 7.06. The number of ether oxygens (including phenoxy) is 2. The van der Waals surface area contributed by atoms with E-state index in [9.17, 15) is 10.1 Å². The van der Waals surface area contributed by atoms with E-state index < -0.39 is 6.04 Å². The molecule has 1 aliphatic heterocycles. The highest BCUT2D eigenvalue weighted by Crippen LogP contribution is 2.12. The average Bonchev–Trinajstić information content (AvgIpc) is 2.51. The van der Waals surface area contributed by atoms with Gasteiger partial charge >= 0.3 is 0 Å². The fourth-order valence-corrected chi connectivity index (χ4v) is 1.06. The topological polar surface area (TPSA) is 61.6 Å². The zero-order chi connectivity index (χ0) is 8.97. The summed E-state index contributed by atoms with van der Waals surface area (Å²) in [5, 5.41) is 10.2. The molecule has 1 heterocycles. The van der Waals surface area contributed by atoms with Crippen molar-refractivity contribution in [3.63, 3.8) is 0 Å². The molecule has 0 aliphatic carbocycles. The number of hydrogen-bond donors (Lipinski definition) is 0. The van der Waals surface area contributed by atoms with Crippen molar-refractivity contribution >= 4 is 0 Å². The molecule has 0 aromatic carbocycles. The highest BCUT2D eigenvalue weighted by atomic mass is 16.7. The third-order valence-corrected chi connectivity index (χ3v) is 1.87. The van der Waals surface area contributed by atoms with Crippen molar-refractivity contribution in [3.8, 4) is 0 Å². The highest BCUT2D eigenvalue weighted by Gasteiger charge is 2.20. The Morgan fingerprint density at radius 3 is 2.67 bits per heavy atom. The van der Waals surface area contributed by atoms with Gasteiger partial charge in [0.15, 0.2) is 6.29 Å². The Morgan fingerprint density at radius 1 is 1.58 bits per heavy atom. The van der Waals surface area contributed by atoms with Gasteiger partial charge in [-0.05, 0) is 0 Å². The van der Waals surface area contributed by atoms with Crippen molar-refractivity contribution in [1.29, 1.82) is 0 Å². The Balaban J connectivity index is 2.11. The van der Waals surface area contributed by atoms with Crippen molar-refractivity contribution in [2.75, 3.05) is 13.2 Å². The smallest absolute Gasteiger partial charge is 0.210 e. The van der Waals surface area contributed by atoms with Gasteiger partial charge in [-0.15, -0.1) is 0 Å². The molecular formula is C7H13NO4. The van der Waals surface area contributed by atoms with Gasteiger partial charge in [-0.3, -0.25) is 10.1 Å². The third-order valence-electron chi connectivity index (χ3n) is 1.87. The Hall–Kier alpha value is -0.680. The molecule has 0 bridgehead atoms. The van der Waals surface area contributed by atoms with Crippen LogP contribution in [0.15, 0.2) is 0 Å². The van der Waals surface area contributed by atoms with Crippen molar-refractivity contribution in [1.82, 2.24) is 0 Å². The molecular weight excluding hydrogens is 162 g/mol. The van der Waals surface area contributed by atoms with Crippen molar-refractivity contribution in [3.05, 3.63) is 10.1 Å². The number of nitro groups is 1. The molecule has 70 valence electrons. The molecule has 1 unspecified atom stereocenters. The number of hydrogen-bond acceptors (Lipinski definition) is 4.